The molecular weight excluding hydrogens is 388 g/mol. The summed E-state index contributed by atoms with van der Waals surface area (Å²) in [6.45, 7) is 5.94. The molecule has 0 amide bonds. The van der Waals surface area contributed by atoms with Crippen molar-refractivity contribution in [2.45, 2.75) is 39.5 Å². The van der Waals surface area contributed by atoms with Gasteiger partial charge in [-0.1, -0.05) is 78.9 Å². The van der Waals surface area contributed by atoms with E-state index in [4.69, 9.17) is 5.73 Å². The van der Waals surface area contributed by atoms with Gasteiger partial charge < -0.3 is 11.1 Å². The zero-order valence-corrected chi connectivity index (χ0v) is 19.3. The van der Waals surface area contributed by atoms with Crippen LogP contribution >= 0.6 is 0 Å². The number of aryl methyl sites for hydroxylation is 3. The van der Waals surface area contributed by atoms with Crippen LogP contribution < -0.4 is 11.1 Å². The molecule has 1 aliphatic carbocycles. The summed E-state index contributed by atoms with van der Waals surface area (Å²) in [4.78, 5) is 0. The number of hydrogen-bond donors (Lipinski definition) is 2. The number of fused-ring (bicyclic) bond motifs is 2. The summed E-state index contributed by atoms with van der Waals surface area (Å²) in [5.41, 5.74) is 15.2. The lowest BCUT2D eigenvalue weighted by molar-refractivity contribution is 0.820. The number of rotatable bonds is 8. The van der Waals surface area contributed by atoms with E-state index in [0.29, 0.717) is 0 Å². The van der Waals surface area contributed by atoms with Gasteiger partial charge in [-0.3, -0.25) is 0 Å². The Labute approximate surface area is 192 Å². The summed E-state index contributed by atoms with van der Waals surface area (Å²) in [5.74, 6) is 0. The fraction of sp³-hybridized carbons (Fsp3) is 0.267. The standard InChI is InChI=1S/C30H34N2/c1-22(27-18-7-15-24-12-5-11-23(2)29(24)27)10-3-4-21-32-28-19-8-16-25-13-6-14-26(30(25)28)17-9-20-31/h3-7,10-15,18-19,32H,8-9,16-17,20-21,31H2,1-2H3/b4-3+,22-10+. The number of hydrogen-bond acceptors (Lipinski definition) is 2. The largest absolute Gasteiger partial charge is 0.381 e. The summed E-state index contributed by atoms with van der Waals surface area (Å²) in [6.07, 6.45) is 13.2. The maximum atomic E-state index is 5.76. The lowest BCUT2D eigenvalue weighted by atomic mass is 9.89. The van der Waals surface area contributed by atoms with Crippen LogP contribution in [0.4, 0.5) is 0 Å². The van der Waals surface area contributed by atoms with Crippen LogP contribution in [0.2, 0.25) is 0 Å². The highest BCUT2D eigenvalue weighted by Crippen LogP contribution is 2.29. The minimum absolute atomic E-state index is 0.737. The fourth-order valence-electron chi connectivity index (χ4n) is 4.74. The van der Waals surface area contributed by atoms with Crippen molar-refractivity contribution >= 4 is 22.0 Å². The van der Waals surface area contributed by atoms with Crippen molar-refractivity contribution in [3.05, 3.63) is 107 Å². The van der Waals surface area contributed by atoms with Crippen LogP contribution in [0.15, 0.2) is 78.9 Å². The second kappa shape index (κ2) is 10.5. The highest BCUT2D eigenvalue weighted by Gasteiger charge is 2.15. The second-order valence-corrected chi connectivity index (χ2v) is 8.64. The highest BCUT2D eigenvalue weighted by atomic mass is 14.9. The Kier molecular flexibility index (Phi) is 7.24. The van der Waals surface area contributed by atoms with Crippen molar-refractivity contribution in [2.75, 3.05) is 13.1 Å². The van der Waals surface area contributed by atoms with E-state index in [1.165, 1.54) is 49.9 Å². The third-order valence-corrected chi connectivity index (χ3v) is 6.35. The van der Waals surface area contributed by atoms with Crippen molar-refractivity contribution in [3.63, 3.8) is 0 Å². The Morgan fingerprint density at radius 2 is 1.88 bits per heavy atom. The van der Waals surface area contributed by atoms with E-state index in [0.717, 1.165) is 38.8 Å². The first-order valence-electron chi connectivity index (χ1n) is 11.8. The normalized spacial score (nSPS) is 14.0. The molecule has 2 heteroatoms. The van der Waals surface area contributed by atoms with E-state index in [2.05, 4.69) is 98.1 Å². The Bertz CT molecular complexity index is 1180. The van der Waals surface area contributed by atoms with Crippen molar-refractivity contribution in [1.82, 2.24) is 5.32 Å². The number of allylic oxidation sites excluding steroid dienone is 4. The van der Waals surface area contributed by atoms with Gasteiger partial charge in [-0.2, -0.15) is 0 Å². The van der Waals surface area contributed by atoms with Crippen LogP contribution in [-0.2, 0) is 12.8 Å². The lowest BCUT2D eigenvalue weighted by Gasteiger charge is -2.22. The fourth-order valence-corrected chi connectivity index (χ4v) is 4.74. The first kappa shape index (κ1) is 22.1. The molecule has 2 nitrogen and oxygen atoms in total. The molecule has 0 fully saturated rings. The third-order valence-electron chi connectivity index (χ3n) is 6.35. The number of nitrogens with one attached hydrogen (secondary N) is 1. The van der Waals surface area contributed by atoms with Gasteiger partial charge in [0.25, 0.3) is 0 Å². The van der Waals surface area contributed by atoms with E-state index < -0.39 is 0 Å². The minimum atomic E-state index is 0.737. The van der Waals surface area contributed by atoms with Gasteiger partial charge in [0.1, 0.15) is 0 Å². The molecule has 0 unspecified atom stereocenters. The van der Waals surface area contributed by atoms with Crippen molar-refractivity contribution in [1.29, 1.82) is 0 Å². The molecule has 32 heavy (non-hydrogen) atoms. The third kappa shape index (κ3) is 4.87. The molecule has 0 heterocycles. The van der Waals surface area contributed by atoms with E-state index in [-0.39, 0.29) is 0 Å². The van der Waals surface area contributed by atoms with Crippen molar-refractivity contribution < 1.29 is 0 Å². The Morgan fingerprint density at radius 1 is 1.06 bits per heavy atom. The quantitative estimate of drug-likeness (QED) is 0.403. The van der Waals surface area contributed by atoms with E-state index in [1.54, 1.807) is 0 Å². The zero-order valence-electron chi connectivity index (χ0n) is 19.3. The van der Waals surface area contributed by atoms with Gasteiger partial charge >= 0.3 is 0 Å². The molecule has 0 radical (unpaired) electrons. The van der Waals surface area contributed by atoms with Crippen LogP contribution in [0, 0.1) is 6.92 Å². The Hall–Kier alpha value is -3.10. The predicted octanol–water partition coefficient (Wildman–Crippen LogP) is 6.58. The van der Waals surface area contributed by atoms with Crippen LogP contribution in [0.3, 0.4) is 0 Å². The first-order valence-corrected chi connectivity index (χ1v) is 11.8. The molecule has 0 atom stereocenters. The average molecular weight is 423 g/mol. The predicted molar refractivity (Wildman–Crippen MR) is 140 cm³/mol. The van der Waals surface area contributed by atoms with Gasteiger partial charge in [-0.25, -0.2) is 0 Å². The highest BCUT2D eigenvalue weighted by molar-refractivity contribution is 5.96. The molecule has 0 saturated carbocycles. The molecule has 3 aromatic rings. The van der Waals surface area contributed by atoms with Crippen LogP contribution in [0.5, 0.6) is 0 Å². The molecule has 0 bridgehead atoms. The smallest absolute Gasteiger partial charge is 0.0381 e. The molecular formula is C30H34N2. The summed E-state index contributed by atoms with van der Waals surface area (Å²) in [7, 11) is 0. The molecule has 4 rings (SSSR count). The van der Waals surface area contributed by atoms with Gasteiger partial charge in [0.2, 0.25) is 0 Å². The van der Waals surface area contributed by atoms with Gasteiger partial charge in [0, 0.05) is 17.8 Å². The topological polar surface area (TPSA) is 38.0 Å². The van der Waals surface area contributed by atoms with Crippen LogP contribution in [0.25, 0.3) is 22.0 Å². The number of benzene rings is 3. The van der Waals surface area contributed by atoms with Crippen LogP contribution in [0.1, 0.15) is 47.6 Å². The Morgan fingerprint density at radius 3 is 2.72 bits per heavy atom. The molecule has 1 aliphatic rings. The maximum absolute atomic E-state index is 5.76. The summed E-state index contributed by atoms with van der Waals surface area (Å²) in [6, 6.07) is 19.8. The lowest BCUT2D eigenvalue weighted by Crippen LogP contribution is -2.18. The zero-order chi connectivity index (χ0) is 22.3. The van der Waals surface area contributed by atoms with Gasteiger partial charge in [-0.15, -0.1) is 0 Å². The molecule has 0 aromatic heterocycles. The molecule has 0 aliphatic heterocycles. The second-order valence-electron chi connectivity index (χ2n) is 8.64. The molecule has 3 N–H and O–H groups in total. The van der Waals surface area contributed by atoms with E-state index in [9.17, 15) is 0 Å². The van der Waals surface area contributed by atoms with Crippen molar-refractivity contribution in [2.24, 2.45) is 5.73 Å². The van der Waals surface area contributed by atoms with Gasteiger partial charge in [0.05, 0.1) is 0 Å². The van der Waals surface area contributed by atoms with E-state index >= 15 is 0 Å². The monoisotopic (exact) mass is 422 g/mol. The summed E-state index contributed by atoms with van der Waals surface area (Å²) < 4.78 is 0. The summed E-state index contributed by atoms with van der Waals surface area (Å²) >= 11 is 0. The summed E-state index contributed by atoms with van der Waals surface area (Å²) in [5, 5.41) is 6.31. The van der Waals surface area contributed by atoms with Gasteiger partial charge in [-0.05, 0) is 84.7 Å². The molecule has 0 saturated heterocycles. The Balaban J connectivity index is 1.46. The van der Waals surface area contributed by atoms with Crippen LogP contribution in [-0.4, -0.2) is 13.1 Å². The molecule has 0 spiro atoms. The maximum Gasteiger partial charge on any atom is 0.0381 e. The van der Waals surface area contributed by atoms with Gasteiger partial charge in [0.15, 0.2) is 0 Å². The molecule has 3 aromatic carbocycles. The minimum Gasteiger partial charge on any atom is -0.381 e. The van der Waals surface area contributed by atoms with Crippen molar-refractivity contribution in [3.8, 4) is 0 Å². The average Bonchev–Trinajstić information content (AvgIpc) is 2.82. The number of nitrogens with two attached hydrogens (primary N) is 1. The SMILES string of the molecule is C/C(=C\C=C\CNC1=CCCc2cccc(CCCN)c21)c1cccc2cccc(C)c12. The first-order chi connectivity index (χ1) is 15.7. The molecule has 164 valence electrons. The van der Waals surface area contributed by atoms with E-state index in [1.807, 2.05) is 0 Å².